The normalized spacial score (nSPS) is 15.1. The van der Waals surface area contributed by atoms with Crippen molar-refractivity contribution in [2.24, 2.45) is 4.99 Å². The number of amides is 1. The van der Waals surface area contributed by atoms with E-state index in [0.29, 0.717) is 25.7 Å². The Kier molecular flexibility index (Phi) is 9.49. The van der Waals surface area contributed by atoms with Crippen molar-refractivity contribution in [1.82, 2.24) is 25.5 Å². The number of ether oxygens (including phenoxy) is 1. The van der Waals surface area contributed by atoms with Crippen molar-refractivity contribution in [1.29, 1.82) is 0 Å². The first-order chi connectivity index (χ1) is 13.7. The molecule has 8 nitrogen and oxygen atoms in total. The lowest BCUT2D eigenvalue weighted by molar-refractivity contribution is 0.0963. The highest BCUT2D eigenvalue weighted by atomic mass is 127. The molecule has 3 rings (SSSR count). The molecule has 9 heteroatoms. The summed E-state index contributed by atoms with van der Waals surface area (Å²) in [6.45, 7) is 4.48. The average Bonchev–Trinajstić information content (AvgIpc) is 3.13. The molecule has 1 fully saturated rings. The summed E-state index contributed by atoms with van der Waals surface area (Å²) in [5, 5.41) is 6.82. The van der Waals surface area contributed by atoms with Gasteiger partial charge in [0.1, 0.15) is 5.82 Å². The fourth-order valence-electron chi connectivity index (χ4n) is 3.40. The molecular formula is C20H31IN6O2. The maximum Gasteiger partial charge on any atom is 0.409 e. The van der Waals surface area contributed by atoms with Crippen molar-refractivity contribution in [2.45, 2.75) is 38.6 Å². The molecular weight excluding hydrogens is 483 g/mol. The Morgan fingerprint density at radius 2 is 2.10 bits per heavy atom. The summed E-state index contributed by atoms with van der Waals surface area (Å²) in [4.78, 5) is 25.8. The molecule has 29 heavy (non-hydrogen) atoms. The van der Waals surface area contributed by atoms with Gasteiger partial charge in [0.05, 0.1) is 17.6 Å². The van der Waals surface area contributed by atoms with Gasteiger partial charge in [0, 0.05) is 39.1 Å². The van der Waals surface area contributed by atoms with E-state index in [1.807, 2.05) is 31.2 Å². The number of carbonyl (C=O) groups is 1. The molecule has 1 amide bonds. The van der Waals surface area contributed by atoms with Crippen LogP contribution in [0.5, 0.6) is 0 Å². The van der Waals surface area contributed by atoms with Crippen LogP contribution in [0.15, 0.2) is 29.3 Å². The second kappa shape index (κ2) is 11.8. The van der Waals surface area contributed by atoms with Crippen LogP contribution >= 0.6 is 24.0 Å². The molecule has 0 saturated carbocycles. The van der Waals surface area contributed by atoms with Crippen LogP contribution in [0, 0.1) is 0 Å². The molecule has 0 unspecified atom stereocenters. The van der Waals surface area contributed by atoms with Gasteiger partial charge in [0.25, 0.3) is 0 Å². The van der Waals surface area contributed by atoms with Crippen LogP contribution in [-0.2, 0) is 11.2 Å². The number of guanidine groups is 1. The molecule has 1 aromatic heterocycles. The van der Waals surface area contributed by atoms with Gasteiger partial charge in [-0.2, -0.15) is 0 Å². The number of likely N-dealkylation sites (tertiary alicyclic amines) is 1. The van der Waals surface area contributed by atoms with Crippen LogP contribution in [0.1, 0.15) is 32.0 Å². The molecule has 2 aromatic rings. The number of piperidine rings is 1. The number of carbonyl (C=O) groups excluding carboxylic acids is 1. The molecule has 0 spiro atoms. The number of aromatic amines is 1. The number of aromatic nitrogens is 2. The van der Waals surface area contributed by atoms with Crippen molar-refractivity contribution in [3.63, 3.8) is 0 Å². The SMILES string of the molecule is CCOC(=O)N1CCC(NC(=NC)NCCCc2nc3ccccc3[nH]2)CC1.I. The van der Waals surface area contributed by atoms with E-state index < -0.39 is 0 Å². The predicted molar refractivity (Wildman–Crippen MR) is 126 cm³/mol. The number of hydrogen-bond donors (Lipinski definition) is 3. The molecule has 1 aliphatic heterocycles. The van der Waals surface area contributed by atoms with E-state index in [1.165, 1.54) is 0 Å². The summed E-state index contributed by atoms with van der Waals surface area (Å²) in [7, 11) is 1.78. The molecule has 1 aliphatic rings. The van der Waals surface area contributed by atoms with Gasteiger partial charge >= 0.3 is 6.09 Å². The fraction of sp³-hybridized carbons (Fsp3) is 0.550. The summed E-state index contributed by atoms with van der Waals surface area (Å²) >= 11 is 0. The van der Waals surface area contributed by atoms with Crippen LogP contribution in [-0.4, -0.2) is 66.3 Å². The second-order valence-electron chi connectivity index (χ2n) is 6.91. The first kappa shape index (κ1) is 23.2. The molecule has 0 atom stereocenters. The van der Waals surface area contributed by atoms with Gasteiger partial charge in [0.2, 0.25) is 0 Å². The van der Waals surface area contributed by atoms with E-state index in [0.717, 1.165) is 55.0 Å². The van der Waals surface area contributed by atoms with Crippen molar-refractivity contribution in [3.05, 3.63) is 30.1 Å². The van der Waals surface area contributed by atoms with Crippen molar-refractivity contribution in [2.75, 3.05) is 33.3 Å². The van der Waals surface area contributed by atoms with Crippen LogP contribution in [0.4, 0.5) is 4.79 Å². The monoisotopic (exact) mass is 514 g/mol. The van der Waals surface area contributed by atoms with Gasteiger partial charge in [-0.15, -0.1) is 24.0 Å². The van der Waals surface area contributed by atoms with E-state index in [1.54, 1.807) is 11.9 Å². The fourth-order valence-corrected chi connectivity index (χ4v) is 3.40. The first-order valence-electron chi connectivity index (χ1n) is 10.0. The molecule has 3 N–H and O–H groups in total. The highest BCUT2D eigenvalue weighted by molar-refractivity contribution is 14.0. The van der Waals surface area contributed by atoms with E-state index in [9.17, 15) is 4.79 Å². The third kappa shape index (κ3) is 6.76. The zero-order chi connectivity index (χ0) is 19.8. The zero-order valence-corrected chi connectivity index (χ0v) is 19.4. The highest BCUT2D eigenvalue weighted by Crippen LogP contribution is 2.12. The van der Waals surface area contributed by atoms with E-state index in [4.69, 9.17) is 4.74 Å². The van der Waals surface area contributed by atoms with Crippen LogP contribution in [0.25, 0.3) is 11.0 Å². The van der Waals surface area contributed by atoms with Gasteiger partial charge in [0.15, 0.2) is 5.96 Å². The summed E-state index contributed by atoms with van der Waals surface area (Å²) in [6, 6.07) is 8.39. The number of H-pyrrole nitrogens is 1. The summed E-state index contributed by atoms with van der Waals surface area (Å²) < 4.78 is 5.06. The van der Waals surface area contributed by atoms with Crippen LogP contribution in [0.2, 0.25) is 0 Å². The lowest BCUT2D eigenvalue weighted by Gasteiger charge is -2.32. The lowest BCUT2D eigenvalue weighted by Crippen LogP contribution is -2.50. The topological polar surface area (TPSA) is 94.6 Å². The largest absolute Gasteiger partial charge is 0.450 e. The number of benzene rings is 1. The first-order valence-corrected chi connectivity index (χ1v) is 10.0. The van der Waals surface area contributed by atoms with Gasteiger partial charge in [-0.05, 0) is 38.3 Å². The number of fused-ring (bicyclic) bond motifs is 1. The Labute approximate surface area is 188 Å². The number of nitrogens with zero attached hydrogens (tertiary/aromatic N) is 3. The Morgan fingerprint density at radius 1 is 1.34 bits per heavy atom. The summed E-state index contributed by atoms with van der Waals surface area (Å²) in [5.41, 5.74) is 2.09. The number of para-hydroxylation sites is 2. The Bertz CT molecular complexity index is 768. The van der Waals surface area contributed by atoms with Crippen molar-refractivity contribution >= 4 is 47.1 Å². The molecule has 0 radical (unpaired) electrons. The summed E-state index contributed by atoms with van der Waals surface area (Å²) in [6.07, 6.45) is 3.41. The van der Waals surface area contributed by atoms with Crippen LogP contribution < -0.4 is 10.6 Å². The Balaban J connectivity index is 0.00000300. The van der Waals surface area contributed by atoms with Gasteiger partial charge in [-0.25, -0.2) is 9.78 Å². The number of hydrogen-bond acceptors (Lipinski definition) is 4. The maximum absolute atomic E-state index is 11.8. The van der Waals surface area contributed by atoms with E-state index in [-0.39, 0.29) is 30.1 Å². The van der Waals surface area contributed by atoms with Crippen molar-refractivity contribution < 1.29 is 9.53 Å². The standard InChI is InChI=1S/C20H30N6O2.HI/c1-3-28-20(27)26-13-10-15(11-14-26)23-19(21-2)22-12-6-9-18-24-16-7-4-5-8-17(16)25-18;/h4-5,7-8,15H,3,6,9-14H2,1-2H3,(H,24,25)(H2,21,22,23);1H. The number of aryl methyl sites for hydroxylation is 1. The molecule has 1 saturated heterocycles. The third-order valence-electron chi connectivity index (χ3n) is 4.91. The quantitative estimate of drug-likeness (QED) is 0.239. The number of halogens is 1. The van der Waals surface area contributed by atoms with Crippen molar-refractivity contribution in [3.8, 4) is 0 Å². The predicted octanol–water partition coefficient (Wildman–Crippen LogP) is 2.90. The zero-order valence-electron chi connectivity index (χ0n) is 17.1. The number of aliphatic imine (C=N–C) groups is 1. The van der Waals surface area contributed by atoms with Gasteiger partial charge in [-0.3, -0.25) is 4.99 Å². The Morgan fingerprint density at radius 3 is 2.79 bits per heavy atom. The smallest absolute Gasteiger partial charge is 0.409 e. The average molecular weight is 514 g/mol. The highest BCUT2D eigenvalue weighted by Gasteiger charge is 2.23. The third-order valence-corrected chi connectivity index (χ3v) is 4.91. The molecule has 0 aliphatic carbocycles. The minimum Gasteiger partial charge on any atom is -0.450 e. The minimum absolute atomic E-state index is 0. The lowest BCUT2D eigenvalue weighted by atomic mass is 10.1. The van der Waals surface area contributed by atoms with Gasteiger partial charge < -0.3 is 25.3 Å². The molecule has 1 aromatic carbocycles. The van der Waals surface area contributed by atoms with Crippen LogP contribution in [0.3, 0.4) is 0 Å². The number of imidazole rings is 1. The maximum atomic E-state index is 11.8. The molecule has 160 valence electrons. The number of rotatable bonds is 6. The van der Waals surface area contributed by atoms with E-state index in [2.05, 4.69) is 25.6 Å². The minimum atomic E-state index is -0.214. The second-order valence-corrected chi connectivity index (χ2v) is 6.91. The Hall–Kier alpha value is -2.04. The number of nitrogens with one attached hydrogen (secondary N) is 3. The van der Waals surface area contributed by atoms with Gasteiger partial charge in [-0.1, -0.05) is 12.1 Å². The summed E-state index contributed by atoms with van der Waals surface area (Å²) in [5.74, 6) is 1.82. The molecule has 2 heterocycles. The van der Waals surface area contributed by atoms with E-state index >= 15 is 0 Å². The molecule has 0 bridgehead atoms.